The van der Waals surface area contributed by atoms with Gasteiger partial charge >= 0.3 is 0 Å². The maximum Gasteiger partial charge on any atom is 0.243 e. The fourth-order valence-electron chi connectivity index (χ4n) is 4.44. The number of nitrogens with zero attached hydrogens (tertiary/aromatic N) is 1. The van der Waals surface area contributed by atoms with E-state index in [1.54, 1.807) is 13.3 Å². The Balaban J connectivity index is 1.42. The summed E-state index contributed by atoms with van der Waals surface area (Å²) in [6.07, 6.45) is 5.25. The summed E-state index contributed by atoms with van der Waals surface area (Å²) in [5.41, 5.74) is 8.44. The van der Waals surface area contributed by atoms with Crippen molar-refractivity contribution in [3.8, 4) is 0 Å². The molecule has 1 N–H and O–H groups in total. The molecule has 4 rings (SSSR count). The number of aryl methyl sites for hydroxylation is 5. The smallest absolute Gasteiger partial charge is 0.243 e. The van der Waals surface area contributed by atoms with Crippen LogP contribution in [0, 0.1) is 20.8 Å². The Kier molecular flexibility index (Phi) is 5.37. The maximum atomic E-state index is 12.8. The summed E-state index contributed by atoms with van der Waals surface area (Å²) >= 11 is 0. The Morgan fingerprint density at radius 3 is 2.40 bits per heavy atom. The quantitative estimate of drug-likeness (QED) is 0.682. The van der Waals surface area contributed by atoms with Crippen molar-refractivity contribution in [1.82, 2.24) is 4.90 Å². The van der Waals surface area contributed by atoms with Crippen molar-refractivity contribution >= 4 is 28.5 Å². The van der Waals surface area contributed by atoms with Crippen molar-refractivity contribution < 1.29 is 14.0 Å². The van der Waals surface area contributed by atoms with Crippen LogP contribution in [0.3, 0.4) is 0 Å². The minimum atomic E-state index is -0.198. The number of fused-ring (bicyclic) bond motifs is 2. The van der Waals surface area contributed by atoms with Gasteiger partial charge in [0.2, 0.25) is 11.8 Å². The fraction of sp³-hybridized carbons (Fsp3) is 0.360. The van der Waals surface area contributed by atoms with Crippen molar-refractivity contribution in [3.05, 3.63) is 63.9 Å². The van der Waals surface area contributed by atoms with Crippen LogP contribution in [-0.2, 0) is 28.9 Å². The Morgan fingerprint density at radius 1 is 1.03 bits per heavy atom. The standard InChI is InChI=1S/C25H28N2O3/c1-15-8-16(2)25(17(3)9-15)26-23(28)13-27(4)24(29)12-20-14-30-22-11-19-7-5-6-18(19)10-21(20)22/h8-11,14H,5-7,12-13H2,1-4H3,(H,26,28). The van der Waals surface area contributed by atoms with Crippen LogP contribution >= 0.6 is 0 Å². The summed E-state index contributed by atoms with van der Waals surface area (Å²) in [5.74, 6) is -0.304. The summed E-state index contributed by atoms with van der Waals surface area (Å²) in [6.45, 7) is 6.00. The molecule has 1 heterocycles. The second-order valence-electron chi connectivity index (χ2n) is 8.48. The molecule has 30 heavy (non-hydrogen) atoms. The lowest BCUT2D eigenvalue weighted by molar-refractivity contribution is -0.132. The summed E-state index contributed by atoms with van der Waals surface area (Å²) in [4.78, 5) is 26.8. The van der Waals surface area contributed by atoms with Gasteiger partial charge in [0.25, 0.3) is 0 Å². The molecule has 1 aliphatic carbocycles. The summed E-state index contributed by atoms with van der Waals surface area (Å²) in [7, 11) is 1.66. The van der Waals surface area contributed by atoms with E-state index in [2.05, 4.69) is 17.4 Å². The van der Waals surface area contributed by atoms with E-state index in [0.29, 0.717) is 0 Å². The summed E-state index contributed by atoms with van der Waals surface area (Å²) in [5, 5.41) is 3.96. The molecule has 5 nitrogen and oxygen atoms in total. The molecule has 0 fully saturated rings. The lowest BCUT2D eigenvalue weighted by atomic mass is 10.0. The molecule has 0 bridgehead atoms. The van der Waals surface area contributed by atoms with E-state index < -0.39 is 0 Å². The highest BCUT2D eigenvalue weighted by Gasteiger charge is 2.19. The number of benzene rings is 2. The van der Waals surface area contributed by atoms with E-state index in [4.69, 9.17) is 4.42 Å². The molecule has 0 radical (unpaired) electrons. The third kappa shape index (κ3) is 3.97. The maximum absolute atomic E-state index is 12.8. The van der Waals surface area contributed by atoms with Crippen LogP contribution in [0.1, 0.15) is 39.8 Å². The number of hydrogen-bond acceptors (Lipinski definition) is 3. The monoisotopic (exact) mass is 404 g/mol. The SMILES string of the molecule is Cc1cc(C)c(NC(=O)CN(C)C(=O)Cc2coc3cc4c(cc23)CCC4)c(C)c1. The first-order valence-corrected chi connectivity index (χ1v) is 10.5. The minimum absolute atomic E-state index is 0.0107. The van der Waals surface area contributed by atoms with Gasteiger partial charge in [-0.1, -0.05) is 17.7 Å². The molecule has 0 saturated carbocycles. The van der Waals surface area contributed by atoms with Gasteiger partial charge in [-0.3, -0.25) is 9.59 Å². The number of carbonyl (C=O) groups is 2. The van der Waals surface area contributed by atoms with Gasteiger partial charge in [0.15, 0.2) is 0 Å². The van der Waals surface area contributed by atoms with Crippen molar-refractivity contribution in [2.75, 3.05) is 18.9 Å². The number of carbonyl (C=O) groups excluding carboxylic acids is 2. The van der Waals surface area contributed by atoms with E-state index in [9.17, 15) is 9.59 Å². The van der Waals surface area contributed by atoms with Crippen molar-refractivity contribution in [3.63, 3.8) is 0 Å². The van der Waals surface area contributed by atoms with E-state index >= 15 is 0 Å². The minimum Gasteiger partial charge on any atom is -0.464 e. The van der Waals surface area contributed by atoms with Crippen molar-refractivity contribution in [2.45, 2.75) is 46.5 Å². The van der Waals surface area contributed by atoms with Gasteiger partial charge in [-0.2, -0.15) is 0 Å². The van der Waals surface area contributed by atoms with E-state index in [1.165, 1.54) is 22.4 Å². The second kappa shape index (κ2) is 7.98. The highest BCUT2D eigenvalue weighted by molar-refractivity contribution is 5.96. The lowest BCUT2D eigenvalue weighted by Gasteiger charge is -2.18. The summed E-state index contributed by atoms with van der Waals surface area (Å²) < 4.78 is 5.70. The van der Waals surface area contributed by atoms with Crippen LogP contribution in [0.15, 0.2) is 34.9 Å². The van der Waals surface area contributed by atoms with Gasteiger partial charge in [-0.15, -0.1) is 0 Å². The van der Waals surface area contributed by atoms with Gasteiger partial charge in [0.05, 0.1) is 19.2 Å². The Bertz CT molecular complexity index is 1120. The van der Waals surface area contributed by atoms with Gasteiger partial charge in [-0.25, -0.2) is 0 Å². The van der Waals surface area contributed by atoms with Gasteiger partial charge < -0.3 is 14.6 Å². The molecule has 0 unspecified atom stereocenters. The lowest BCUT2D eigenvalue weighted by Crippen LogP contribution is -2.36. The van der Waals surface area contributed by atoms with Crippen LogP contribution in [0.4, 0.5) is 5.69 Å². The highest BCUT2D eigenvalue weighted by Crippen LogP contribution is 2.30. The third-order valence-electron chi connectivity index (χ3n) is 5.96. The fourth-order valence-corrected chi connectivity index (χ4v) is 4.44. The zero-order chi connectivity index (χ0) is 21.4. The molecule has 3 aromatic rings. The average molecular weight is 405 g/mol. The zero-order valence-corrected chi connectivity index (χ0v) is 18.1. The van der Waals surface area contributed by atoms with Crippen molar-refractivity contribution in [2.24, 2.45) is 0 Å². The Hall–Kier alpha value is -3.08. The molecule has 0 saturated heterocycles. The second-order valence-corrected chi connectivity index (χ2v) is 8.48. The number of furan rings is 1. The molecular weight excluding hydrogens is 376 g/mol. The first-order valence-electron chi connectivity index (χ1n) is 10.5. The van der Waals surface area contributed by atoms with Gasteiger partial charge in [0.1, 0.15) is 5.58 Å². The largest absolute Gasteiger partial charge is 0.464 e. The molecule has 0 aliphatic heterocycles. The number of amides is 2. The highest BCUT2D eigenvalue weighted by atomic mass is 16.3. The van der Waals surface area contributed by atoms with E-state index in [1.807, 2.05) is 32.9 Å². The van der Waals surface area contributed by atoms with Crippen LogP contribution in [0.25, 0.3) is 11.0 Å². The van der Waals surface area contributed by atoms with Gasteiger partial charge in [0, 0.05) is 23.7 Å². The topological polar surface area (TPSA) is 62.6 Å². The molecule has 2 amide bonds. The van der Waals surface area contributed by atoms with E-state index in [-0.39, 0.29) is 24.8 Å². The molecule has 0 spiro atoms. The van der Waals surface area contributed by atoms with Crippen LogP contribution < -0.4 is 5.32 Å². The molecule has 156 valence electrons. The van der Waals surface area contributed by atoms with Crippen molar-refractivity contribution in [1.29, 1.82) is 0 Å². The van der Waals surface area contributed by atoms with Crippen LogP contribution in [0.2, 0.25) is 0 Å². The normalized spacial score (nSPS) is 12.8. The molecular formula is C25H28N2O3. The zero-order valence-electron chi connectivity index (χ0n) is 18.1. The predicted molar refractivity (Wildman–Crippen MR) is 119 cm³/mol. The third-order valence-corrected chi connectivity index (χ3v) is 5.96. The molecule has 2 aromatic carbocycles. The molecule has 1 aromatic heterocycles. The van der Waals surface area contributed by atoms with Crippen LogP contribution in [-0.4, -0.2) is 30.3 Å². The average Bonchev–Trinajstić information content (AvgIpc) is 3.29. The molecule has 1 aliphatic rings. The number of anilines is 1. The van der Waals surface area contributed by atoms with Crippen LogP contribution in [0.5, 0.6) is 0 Å². The molecule has 0 atom stereocenters. The van der Waals surface area contributed by atoms with Gasteiger partial charge in [-0.05, 0) is 74.4 Å². The molecule has 5 heteroatoms. The first kappa shape index (κ1) is 20.2. The Morgan fingerprint density at radius 2 is 1.70 bits per heavy atom. The first-order chi connectivity index (χ1) is 14.3. The number of likely N-dealkylation sites (N-methyl/N-ethyl adjacent to an activating group) is 1. The Labute approximate surface area is 177 Å². The van der Waals surface area contributed by atoms with E-state index in [0.717, 1.165) is 51.8 Å². The summed E-state index contributed by atoms with van der Waals surface area (Å²) in [6, 6.07) is 8.35. The number of hydrogen-bond donors (Lipinski definition) is 1. The number of rotatable bonds is 5. The number of nitrogens with one attached hydrogen (secondary N) is 1. The predicted octanol–water partition coefficient (Wildman–Crippen LogP) is 4.49.